The third-order valence-corrected chi connectivity index (χ3v) is 3.41. The summed E-state index contributed by atoms with van der Waals surface area (Å²) in [5.74, 6) is 0.789. The molecule has 17 heavy (non-hydrogen) atoms. The maximum atomic E-state index is 5.02. The van der Waals surface area contributed by atoms with Crippen LogP contribution in [-0.4, -0.2) is 28.4 Å². The fourth-order valence-corrected chi connectivity index (χ4v) is 2.36. The summed E-state index contributed by atoms with van der Waals surface area (Å²) in [5.41, 5.74) is 0.940. The Bertz CT molecular complexity index is 465. The molecule has 6 heteroatoms. The van der Waals surface area contributed by atoms with Gasteiger partial charge < -0.3 is 9.84 Å². The maximum absolute atomic E-state index is 5.02. The zero-order chi connectivity index (χ0) is 12.1. The zero-order valence-corrected chi connectivity index (χ0v) is 10.9. The van der Waals surface area contributed by atoms with Crippen LogP contribution in [0, 0.1) is 6.92 Å². The van der Waals surface area contributed by atoms with Gasteiger partial charge in [-0.15, -0.1) is 10.2 Å². The first-order valence-corrected chi connectivity index (χ1v) is 6.57. The maximum Gasteiger partial charge on any atom is 0.152 e. The van der Waals surface area contributed by atoms with E-state index in [4.69, 9.17) is 4.52 Å². The molecule has 0 spiro atoms. The third kappa shape index (κ3) is 3.10. The fraction of sp³-hybridized carbons (Fsp3) is 0.545. The van der Waals surface area contributed by atoms with Gasteiger partial charge in [0.1, 0.15) is 10.8 Å². The summed E-state index contributed by atoms with van der Waals surface area (Å²) < 4.78 is 5.02. The highest BCUT2D eigenvalue weighted by atomic mass is 32.1. The fourth-order valence-electron chi connectivity index (χ4n) is 1.46. The molecule has 0 radical (unpaired) electrons. The molecule has 0 atom stereocenters. The summed E-state index contributed by atoms with van der Waals surface area (Å²) in [5, 5.41) is 17.4. The Kier molecular flexibility index (Phi) is 4.22. The highest BCUT2D eigenvalue weighted by Gasteiger charge is 2.11. The second kappa shape index (κ2) is 5.88. The second-order valence-corrected chi connectivity index (χ2v) is 4.86. The van der Waals surface area contributed by atoms with Gasteiger partial charge in [0, 0.05) is 13.0 Å². The molecule has 0 aliphatic rings. The average Bonchev–Trinajstić information content (AvgIpc) is 2.93. The number of hydrogen-bond acceptors (Lipinski definition) is 6. The molecule has 0 aliphatic carbocycles. The van der Waals surface area contributed by atoms with Crippen LogP contribution in [0.3, 0.4) is 0 Å². The van der Waals surface area contributed by atoms with Crippen molar-refractivity contribution in [2.24, 2.45) is 0 Å². The van der Waals surface area contributed by atoms with Gasteiger partial charge in [-0.3, -0.25) is 0 Å². The van der Waals surface area contributed by atoms with Gasteiger partial charge in [0.25, 0.3) is 0 Å². The topological polar surface area (TPSA) is 63.8 Å². The molecule has 0 amide bonds. The molecular formula is C11H16N4OS. The van der Waals surface area contributed by atoms with Gasteiger partial charge in [0.15, 0.2) is 5.01 Å². The van der Waals surface area contributed by atoms with Crippen LogP contribution in [0.25, 0.3) is 10.6 Å². The van der Waals surface area contributed by atoms with Gasteiger partial charge in [-0.2, -0.15) is 0 Å². The lowest BCUT2D eigenvalue weighted by molar-refractivity contribution is 0.398. The summed E-state index contributed by atoms with van der Waals surface area (Å²) in [6.07, 6.45) is 3.76. The average molecular weight is 252 g/mol. The summed E-state index contributed by atoms with van der Waals surface area (Å²) in [4.78, 5) is 0. The van der Waals surface area contributed by atoms with E-state index in [1.54, 1.807) is 17.5 Å². The van der Waals surface area contributed by atoms with Crippen molar-refractivity contribution < 1.29 is 4.52 Å². The first-order chi connectivity index (χ1) is 8.31. The molecule has 2 aromatic rings. The molecule has 2 heterocycles. The summed E-state index contributed by atoms with van der Waals surface area (Å²) in [6.45, 7) is 6.04. The Morgan fingerprint density at radius 1 is 1.35 bits per heavy atom. The van der Waals surface area contributed by atoms with Crippen molar-refractivity contribution in [2.75, 3.05) is 13.1 Å². The van der Waals surface area contributed by atoms with E-state index < -0.39 is 0 Å². The SMILES string of the molecule is CCCNCCc1nnc(-c2cnoc2C)s1. The molecule has 0 saturated carbocycles. The van der Waals surface area contributed by atoms with Crippen LogP contribution in [0.4, 0.5) is 0 Å². The number of aromatic nitrogens is 3. The van der Waals surface area contributed by atoms with Crippen LogP contribution in [0.5, 0.6) is 0 Å². The van der Waals surface area contributed by atoms with Crippen molar-refractivity contribution in [3.63, 3.8) is 0 Å². The molecule has 2 rings (SSSR count). The van der Waals surface area contributed by atoms with Gasteiger partial charge in [-0.1, -0.05) is 23.4 Å². The van der Waals surface area contributed by atoms with Crippen LogP contribution in [-0.2, 0) is 6.42 Å². The number of rotatable bonds is 6. The van der Waals surface area contributed by atoms with Crippen LogP contribution >= 0.6 is 11.3 Å². The molecule has 1 N–H and O–H groups in total. The second-order valence-electron chi connectivity index (χ2n) is 3.80. The van der Waals surface area contributed by atoms with Crippen molar-refractivity contribution >= 4 is 11.3 Å². The van der Waals surface area contributed by atoms with Crippen LogP contribution in [0.2, 0.25) is 0 Å². The minimum Gasteiger partial charge on any atom is -0.361 e. The standard InChI is InChI=1S/C11H16N4OS/c1-3-5-12-6-4-10-14-15-11(17-10)9-7-13-16-8(9)2/h7,12H,3-6H2,1-2H3. The Labute approximate surface area is 104 Å². The molecule has 0 fully saturated rings. The summed E-state index contributed by atoms with van der Waals surface area (Å²) >= 11 is 1.60. The first kappa shape index (κ1) is 12.2. The summed E-state index contributed by atoms with van der Waals surface area (Å²) in [6, 6.07) is 0. The van der Waals surface area contributed by atoms with E-state index in [0.717, 1.165) is 47.3 Å². The molecule has 2 aromatic heterocycles. The number of nitrogens with one attached hydrogen (secondary N) is 1. The van der Waals surface area contributed by atoms with Gasteiger partial charge in [-0.25, -0.2) is 0 Å². The van der Waals surface area contributed by atoms with Crippen molar-refractivity contribution in [3.8, 4) is 10.6 Å². The van der Waals surface area contributed by atoms with E-state index >= 15 is 0 Å². The predicted molar refractivity (Wildman–Crippen MR) is 67.0 cm³/mol. The van der Waals surface area contributed by atoms with Crippen LogP contribution < -0.4 is 5.32 Å². The largest absolute Gasteiger partial charge is 0.361 e. The van der Waals surface area contributed by atoms with Crippen molar-refractivity contribution in [3.05, 3.63) is 17.0 Å². The number of hydrogen-bond donors (Lipinski definition) is 1. The number of nitrogens with zero attached hydrogens (tertiary/aromatic N) is 3. The van der Waals surface area contributed by atoms with E-state index in [9.17, 15) is 0 Å². The van der Waals surface area contributed by atoms with E-state index in [1.807, 2.05) is 6.92 Å². The molecule has 0 unspecified atom stereocenters. The van der Waals surface area contributed by atoms with E-state index in [-0.39, 0.29) is 0 Å². The first-order valence-electron chi connectivity index (χ1n) is 5.76. The highest BCUT2D eigenvalue weighted by molar-refractivity contribution is 7.14. The molecule has 0 bridgehead atoms. The Balaban J connectivity index is 1.95. The lowest BCUT2D eigenvalue weighted by atomic mass is 10.3. The molecule has 0 aromatic carbocycles. The van der Waals surface area contributed by atoms with Crippen LogP contribution in [0.15, 0.2) is 10.7 Å². The molecule has 5 nitrogen and oxygen atoms in total. The Morgan fingerprint density at radius 2 is 2.24 bits per heavy atom. The quantitative estimate of drug-likeness (QED) is 0.797. The van der Waals surface area contributed by atoms with Crippen molar-refractivity contribution in [2.45, 2.75) is 26.7 Å². The minimum absolute atomic E-state index is 0.789. The Hall–Kier alpha value is -1.27. The molecule has 0 aliphatic heterocycles. The zero-order valence-electron chi connectivity index (χ0n) is 10.1. The van der Waals surface area contributed by atoms with E-state index in [0.29, 0.717) is 0 Å². The monoisotopic (exact) mass is 252 g/mol. The van der Waals surface area contributed by atoms with Gasteiger partial charge >= 0.3 is 0 Å². The predicted octanol–water partition coefficient (Wildman–Crippen LogP) is 2.04. The lowest BCUT2D eigenvalue weighted by Gasteiger charge is -1.98. The van der Waals surface area contributed by atoms with E-state index in [2.05, 4.69) is 27.6 Å². The number of aryl methyl sites for hydroxylation is 1. The minimum atomic E-state index is 0.789. The molecule has 0 saturated heterocycles. The highest BCUT2D eigenvalue weighted by Crippen LogP contribution is 2.26. The third-order valence-electron chi connectivity index (χ3n) is 2.39. The molecule has 92 valence electrons. The van der Waals surface area contributed by atoms with Gasteiger partial charge in [-0.05, 0) is 19.9 Å². The molecular weight excluding hydrogens is 236 g/mol. The van der Waals surface area contributed by atoms with Crippen molar-refractivity contribution in [1.82, 2.24) is 20.7 Å². The lowest BCUT2D eigenvalue weighted by Crippen LogP contribution is -2.17. The van der Waals surface area contributed by atoms with Crippen molar-refractivity contribution in [1.29, 1.82) is 0 Å². The van der Waals surface area contributed by atoms with E-state index in [1.165, 1.54) is 0 Å². The van der Waals surface area contributed by atoms with Gasteiger partial charge in [0.2, 0.25) is 0 Å². The normalized spacial score (nSPS) is 10.9. The van der Waals surface area contributed by atoms with Crippen LogP contribution in [0.1, 0.15) is 24.1 Å². The smallest absolute Gasteiger partial charge is 0.152 e. The van der Waals surface area contributed by atoms with Gasteiger partial charge in [0.05, 0.1) is 11.8 Å². The summed E-state index contributed by atoms with van der Waals surface area (Å²) in [7, 11) is 0. The Morgan fingerprint density at radius 3 is 2.94 bits per heavy atom.